The summed E-state index contributed by atoms with van der Waals surface area (Å²) in [6.07, 6.45) is 4.00. The van der Waals surface area contributed by atoms with Crippen LogP contribution < -0.4 is 5.32 Å². The second-order valence-electron chi connectivity index (χ2n) is 3.58. The standard InChI is InChI=1S/C12H8BrN3O3/c13-8-1-2-9(12(18)19)10(3-8)16-11(17)7-4-14-6-15-5-7/h1-6H,(H,16,17)(H,18,19). The molecular weight excluding hydrogens is 314 g/mol. The predicted molar refractivity (Wildman–Crippen MR) is 71.1 cm³/mol. The van der Waals surface area contributed by atoms with Gasteiger partial charge in [0, 0.05) is 16.9 Å². The van der Waals surface area contributed by atoms with Crippen LogP contribution >= 0.6 is 15.9 Å². The number of carboxylic acids is 1. The summed E-state index contributed by atoms with van der Waals surface area (Å²) < 4.78 is 0.664. The highest BCUT2D eigenvalue weighted by Gasteiger charge is 2.14. The Bertz CT molecular complexity index is 631. The molecular formula is C12H8BrN3O3. The molecule has 1 heterocycles. The number of carboxylic acid groups (broad SMARTS) is 1. The van der Waals surface area contributed by atoms with Crippen molar-refractivity contribution in [3.8, 4) is 0 Å². The minimum absolute atomic E-state index is 0.00778. The number of hydrogen-bond acceptors (Lipinski definition) is 4. The van der Waals surface area contributed by atoms with E-state index in [-0.39, 0.29) is 16.8 Å². The van der Waals surface area contributed by atoms with Gasteiger partial charge in [-0.1, -0.05) is 15.9 Å². The number of carbonyl (C=O) groups is 2. The second-order valence-corrected chi connectivity index (χ2v) is 4.49. The third-order valence-electron chi connectivity index (χ3n) is 2.28. The maximum absolute atomic E-state index is 11.9. The fourth-order valence-corrected chi connectivity index (χ4v) is 1.78. The van der Waals surface area contributed by atoms with Gasteiger partial charge >= 0.3 is 5.97 Å². The first-order valence-corrected chi connectivity index (χ1v) is 5.96. The molecule has 0 radical (unpaired) electrons. The molecule has 0 fully saturated rings. The molecule has 0 saturated carbocycles. The largest absolute Gasteiger partial charge is 0.478 e. The van der Waals surface area contributed by atoms with E-state index < -0.39 is 11.9 Å². The summed E-state index contributed by atoms with van der Waals surface area (Å²) in [4.78, 5) is 30.4. The van der Waals surface area contributed by atoms with Gasteiger partial charge in [0.05, 0.1) is 16.8 Å². The molecule has 7 heteroatoms. The molecule has 6 nitrogen and oxygen atoms in total. The van der Waals surface area contributed by atoms with Crippen molar-refractivity contribution in [3.05, 3.63) is 52.5 Å². The van der Waals surface area contributed by atoms with Gasteiger partial charge in [-0.25, -0.2) is 14.8 Å². The van der Waals surface area contributed by atoms with Crippen LogP contribution in [0.3, 0.4) is 0 Å². The Kier molecular flexibility index (Phi) is 3.86. The summed E-state index contributed by atoms with van der Waals surface area (Å²) in [7, 11) is 0. The van der Waals surface area contributed by atoms with Gasteiger partial charge in [-0.15, -0.1) is 0 Å². The van der Waals surface area contributed by atoms with Crippen molar-refractivity contribution in [2.75, 3.05) is 5.32 Å². The van der Waals surface area contributed by atoms with Crippen LogP contribution in [0.2, 0.25) is 0 Å². The molecule has 96 valence electrons. The predicted octanol–water partition coefficient (Wildman–Crippen LogP) is 2.19. The Morgan fingerprint density at radius 2 is 1.89 bits per heavy atom. The van der Waals surface area contributed by atoms with Crippen molar-refractivity contribution in [2.45, 2.75) is 0 Å². The molecule has 0 saturated heterocycles. The Hall–Kier alpha value is -2.28. The number of aromatic carboxylic acids is 1. The highest BCUT2D eigenvalue weighted by Crippen LogP contribution is 2.22. The van der Waals surface area contributed by atoms with E-state index in [9.17, 15) is 9.59 Å². The molecule has 1 aromatic heterocycles. The van der Waals surface area contributed by atoms with E-state index in [1.807, 2.05) is 0 Å². The third-order valence-corrected chi connectivity index (χ3v) is 2.78. The fourth-order valence-electron chi connectivity index (χ4n) is 1.42. The van der Waals surface area contributed by atoms with Crippen LogP contribution in [0.1, 0.15) is 20.7 Å². The molecule has 0 aliphatic heterocycles. The number of anilines is 1. The Morgan fingerprint density at radius 3 is 2.53 bits per heavy atom. The van der Waals surface area contributed by atoms with Crippen LogP contribution in [0.4, 0.5) is 5.69 Å². The maximum atomic E-state index is 11.9. The smallest absolute Gasteiger partial charge is 0.337 e. The van der Waals surface area contributed by atoms with Crippen molar-refractivity contribution in [1.82, 2.24) is 9.97 Å². The van der Waals surface area contributed by atoms with Gasteiger partial charge in [0.1, 0.15) is 6.33 Å². The molecule has 0 atom stereocenters. The highest BCUT2D eigenvalue weighted by atomic mass is 79.9. The van der Waals surface area contributed by atoms with Crippen molar-refractivity contribution in [2.24, 2.45) is 0 Å². The average molecular weight is 322 g/mol. The number of nitrogens with zero attached hydrogens (tertiary/aromatic N) is 2. The molecule has 2 rings (SSSR count). The number of nitrogens with one attached hydrogen (secondary N) is 1. The van der Waals surface area contributed by atoms with Gasteiger partial charge in [-0.3, -0.25) is 4.79 Å². The first-order valence-electron chi connectivity index (χ1n) is 5.17. The lowest BCUT2D eigenvalue weighted by molar-refractivity contribution is 0.0698. The normalized spacial score (nSPS) is 9.95. The lowest BCUT2D eigenvalue weighted by Gasteiger charge is -2.08. The van der Waals surface area contributed by atoms with Gasteiger partial charge in [-0.2, -0.15) is 0 Å². The molecule has 19 heavy (non-hydrogen) atoms. The van der Waals surface area contributed by atoms with Crippen LogP contribution in [0, 0.1) is 0 Å². The summed E-state index contributed by atoms with van der Waals surface area (Å²) >= 11 is 3.22. The van der Waals surface area contributed by atoms with Gasteiger partial charge in [-0.05, 0) is 18.2 Å². The van der Waals surface area contributed by atoms with Crippen LogP contribution in [0.15, 0.2) is 41.4 Å². The molecule has 0 aliphatic rings. The zero-order valence-electron chi connectivity index (χ0n) is 9.50. The summed E-state index contributed by atoms with van der Waals surface area (Å²) in [5.41, 5.74) is 0.461. The Labute approximate surface area is 116 Å². The van der Waals surface area contributed by atoms with E-state index in [0.29, 0.717) is 4.47 Å². The monoisotopic (exact) mass is 321 g/mol. The minimum atomic E-state index is -1.12. The quantitative estimate of drug-likeness (QED) is 0.904. The number of benzene rings is 1. The van der Waals surface area contributed by atoms with E-state index in [0.717, 1.165) is 0 Å². The van der Waals surface area contributed by atoms with Gasteiger partial charge < -0.3 is 10.4 Å². The zero-order chi connectivity index (χ0) is 13.8. The number of carbonyl (C=O) groups excluding carboxylic acids is 1. The van der Waals surface area contributed by atoms with E-state index >= 15 is 0 Å². The summed E-state index contributed by atoms with van der Waals surface area (Å²) in [6.45, 7) is 0. The second kappa shape index (κ2) is 5.57. The van der Waals surface area contributed by atoms with Crippen LogP contribution in [0.25, 0.3) is 0 Å². The SMILES string of the molecule is O=C(Nc1cc(Br)ccc1C(=O)O)c1cncnc1. The molecule has 1 amide bonds. The zero-order valence-corrected chi connectivity index (χ0v) is 11.1. The number of hydrogen-bond donors (Lipinski definition) is 2. The van der Waals surface area contributed by atoms with Crippen molar-refractivity contribution >= 4 is 33.5 Å². The average Bonchev–Trinajstić information content (AvgIpc) is 2.39. The minimum Gasteiger partial charge on any atom is -0.478 e. The van der Waals surface area contributed by atoms with E-state index in [1.54, 1.807) is 6.07 Å². The van der Waals surface area contributed by atoms with Crippen molar-refractivity contribution in [3.63, 3.8) is 0 Å². The molecule has 0 aliphatic carbocycles. The third kappa shape index (κ3) is 3.14. The molecule has 0 unspecified atom stereocenters. The first-order chi connectivity index (χ1) is 9.08. The summed E-state index contributed by atoms with van der Waals surface area (Å²) in [5, 5.41) is 11.6. The number of halogens is 1. The fraction of sp³-hybridized carbons (Fsp3) is 0. The highest BCUT2D eigenvalue weighted by molar-refractivity contribution is 9.10. The van der Waals surface area contributed by atoms with E-state index in [2.05, 4.69) is 31.2 Å². The topological polar surface area (TPSA) is 92.2 Å². The number of aromatic nitrogens is 2. The van der Waals surface area contributed by atoms with E-state index in [1.165, 1.54) is 30.9 Å². The molecule has 2 N–H and O–H groups in total. The van der Waals surface area contributed by atoms with Crippen LogP contribution in [-0.2, 0) is 0 Å². The first kappa shape index (κ1) is 13.2. The van der Waals surface area contributed by atoms with Crippen molar-refractivity contribution < 1.29 is 14.7 Å². The van der Waals surface area contributed by atoms with Gasteiger partial charge in [0.2, 0.25) is 0 Å². The lowest BCUT2D eigenvalue weighted by Crippen LogP contribution is -2.15. The van der Waals surface area contributed by atoms with Gasteiger partial charge in [0.15, 0.2) is 0 Å². The molecule has 2 aromatic rings. The molecule has 1 aromatic carbocycles. The lowest BCUT2D eigenvalue weighted by atomic mass is 10.1. The van der Waals surface area contributed by atoms with Crippen molar-refractivity contribution in [1.29, 1.82) is 0 Å². The van der Waals surface area contributed by atoms with Gasteiger partial charge in [0.25, 0.3) is 5.91 Å². The molecule has 0 spiro atoms. The van der Waals surface area contributed by atoms with Crippen LogP contribution in [-0.4, -0.2) is 27.0 Å². The number of amides is 1. The Morgan fingerprint density at radius 1 is 1.21 bits per heavy atom. The molecule has 0 bridgehead atoms. The summed E-state index contributed by atoms with van der Waals surface area (Å²) in [6, 6.07) is 4.51. The van der Waals surface area contributed by atoms with E-state index in [4.69, 9.17) is 5.11 Å². The Balaban J connectivity index is 2.31. The summed E-state index contributed by atoms with van der Waals surface area (Å²) in [5.74, 6) is -1.59. The maximum Gasteiger partial charge on any atom is 0.337 e. The number of rotatable bonds is 3. The van der Waals surface area contributed by atoms with Crippen LogP contribution in [0.5, 0.6) is 0 Å².